The van der Waals surface area contributed by atoms with Gasteiger partial charge in [-0.1, -0.05) is 54.1 Å². The molecular formula is C15H19Cl3N2O. The normalized spacial score (nSPS) is 17.5. The quantitative estimate of drug-likeness (QED) is 0.759. The van der Waals surface area contributed by atoms with E-state index in [2.05, 4.69) is 10.6 Å². The maximum absolute atomic E-state index is 12.3. The van der Waals surface area contributed by atoms with Gasteiger partial charge in [0.2, 0.25) is 5.91 Å². The van der Waals surface area contributed by atoms with E-state index in [1.54, 1.807) is 6.07 Å². The molecule has 0 aliphatic heterocycles. The van der Waals surface area contributed by atoms with Crippen molar-refractivity contribution < 1.29 is 4.79 Å². The molecule has 0 radical (unpaired) electrons. The number of benzene rings is 1. The van der Waals surface area contributed by atoms with Crippen LogP contribution in [0.5, 0.6) is 0 Å². The van der Waals surface area contributed by atoms with Crippen molar-refractivity contribution in [1.29, 1.82) is 0 Å². The summed E-state index contributed by atoms with van der Waals surface area (Å²) in [6.45, 7) is 0. The first-order valence-electron chi connectivity index (χ1n) is 7.09. The van der Waals surface area contributed by atoms with E-state index in [1.165, 1.54) is 12.5 Å². The minimum atomic E-state index is -0.106. The Morgan fingerprint density at radius 3 is 2.33 bits per heavy atom. The first kappa shape index (κ1) is 16.9. The lowest BCUT2D eigenvalue weighted by atomic mass is 9.79. The molecule has 0 aromatic heterocycles. The Hall–Kier alpha value is -0.480. The molecule has 0 spiro atoms. The third kappa shape index (κ3) is 4.26. The van der Waals surface area contributed by atoms with Gasteiger partial charge < -0.3 is 10.6 Å². The van der Waals surface area contributed by atoms with Crippen molar-refractivity contribution in [2.75, 3.05) is 12.4 Å². The molecule has 1 aliphatic carbocycles. The van der Waals surface area contributed by atoms with Crippen LogP contribution >= 0.6 is 34.8 Å². The summed E-state index contributed by atoms with van der Waals surface area (Å²) in [5.41, 5.74) is 0.392. The predicted octanol–water partition coefficient (Wildman–Crippen LogP) is 4.90. The van der Waals surface area contributed by atoms with Gasteiger partial charge in [-0.3, -0.25) is 4.79 Å². The smallest absolute Gasteiger partial charge is 0.226 e. The van der Waals surface area contributed by atoms with Crippen molar-refractivity contribution in [2.24, 2.45) is 0 Å². The molecule has 3 nitrogen and oxygen atoms in total. The maximum Gasteiger partial charge on any atom is 0.226 e. The van der Waals surface area contributed by atoms with E-state index in [0.29, 0.717) is 27.2 Å². The van der Waals surface area contributed by atoms with Crippen LogP contribution in [0.4, 0.5) is 5.69 Å². The summed E-state index contributed by atoms with van der Waals surface area (Å²) < 4.78 is 0. The van der Waals surface area contributed by atoms with Crippen LogP contribution in [-0.4, -0.2) is 18.5 Å². The molecular weight excluding hydrogens is 331 g/mol. The lowest BCUT2D eigenvalue weighted by Gasteiger charge is -2.36. The molecule has 2 rings (SSSR count). The molecule has 1 saturated carbocycles. The summed E-state index contributed by atoms with van der Waals surface area (Å²) in [6.07, 6.45) is 6.02. The van der Waals surface area contributed by atoms with Crippen LogP contribution in [0.25, 0.3) is 0 Å². The Morgan fingerprint density at radius 1 is 1.10 bits per heavy atom. The van der Waals surface area contributed by atoms with Crippen LogP contribution in [0, 0.1) is 0 Å². The summed E-state index contributed by atoms with van der Waals surface area (Å²) in [4.78, 5) is 12.3. The fraction of sp³-hybridized carbons (Fsp3) is 0.533. The summed E-state index contributed by atoms with van der Waals surface area (Å²) in [7, 11) is 1.92. The second-order valence-electron chi connectivity index (χ2n) is 5.56. The molecule has 1 amide bonds. The number of amides is 1. The zero-order valence-electron chi connectivity index (χ0n) is 11.9. The molecule has 1 fully saturated rings. The largest absolute Gasteiger partial charge is 0.325 e. The van der Waals surface area contributed by atoms with Gasteiger partial charge in [-0.15, -0.1) is 0 Å². The van der Waals surface area contributed by atoms with Crippen LogP contribution < -0.4 is 10.6 Å². The highest BCUT2D eigenvalue weighted by atomic mass is 35.5. The molecule has 1 aromatic carbocycles. The molecule has 1 aromatic rings. The Kier molecular flexibility index (Phi) is 5.78. The number of rotatable bonds is 4. The molecule has 21 heavy (non-hydrogen) atoms. The van der Waals surface area contributed by atoms with E-state index < -0.39 is 0 Å². The van der Waals surface area contributed by atoms with Crippen molar-refractivity contribution in [3.63, 3.8) is 0 Å². The van der Waals surface area contributed by atoms with E-state index in [1.807, 2.05) is 7.05 Å². The molecule has 0 bridgehead atoms. The summed E-state index contributed by atoms with van der Waals surface area (Å²) in [6, 6.07) is 3.12. The van der Waals surface area contributed by atoms with Gasteiger partial charge in [0.15, 0.2) is 0 Å². The lowest BCUT2D eigenvalue weighted by Crippen LogP contribution is -2.47. The van der Waals surface area contributed by atoms with Gasteiger partial charge >= 0.3 is 0 Å². The second kappa shape index (κ2) is 7.19. The molecule has 0 atom stereocenters. The number of hydrogen-bond acceptors (Lipinski definition) is 2. The lowest BCUT2D eigenvalue weighted by molar-refractivity contribution is -0.117. The Balaban J connectivity index is 2.06. The van der Waals surface area contributed by atoms with Gasteiger partial charge in [0.05, 0.1) is 20.8 Å². The monoisotopic (exact) mass is 348 g/mol. The summed E-state index contributed by atoms with van der Waals surface area (Å²) >= 11 is 17.9. The van der Waals surface area contributed by atoms with Gasteiger partial charge in [-0.25, -0.2) is 0 Å². The highest BCUT2D eigenvalue weighted by molar-refractivity contribution is 6.44. The molecule has 1 aliphatic rings. The Labute approximate surface area is 140 Å². The number of halogens is 3. The van der Waals surface area contributed by atoms with E-state index in [9.17, 15) is 4.79 Å². The van der Waals surface area contributed by atoms with Gasteiger partial charge in [-0.2, -0.15) is 0 Å². The average Bonchev–Trinajstić information content (AvgIpc) is 2.45. The van der Waals surface area contributed by atoms with E-state index >= 15 is 0 Å². The maximum atomic E-state index is 12.3. The number of hydrogen-bond donors (Lipinski definition) is 2. The van der Waals surface area contributed by atoms with Crippen molar-refractivity contribution in [3.05, 3.63) is 27.2 Å². The number of nitrogens with one attached hydrogen (secondary N) is 2. The van der Waals surface area contributed by atoms with E-state index in [4.69, 9.17) is 34.8 Å². The van der Waals surface area contributed by atoms with Crippen molar-refractivity contribution in [2.45, 2.75) is 44.1 Å². The molecule has 2 N–H and O–H groups in total. The molecule has 0 unspecified atom stereocenters. The van der Waals surface area contributed by atoms with Crippen molar-refractivity contribution in [3.8, 4) is 0 Å². The van der Waals surface area contributed by atoms with Crippen LogP contribution in [0.15, 0.2) is 12.1 Å². The molecule has 116 valence electrons. The highest BCUT2D eigenvalue weighted by Gasteiger charge is 2.32. The SMILES string of the molecule is CNC1(CC(=O)Nc2cc(Cl)c(Cl)cc2Cl)CCCCC1. The first-order valence-corrected chi connectivity index (χ1v) is 8.22. The fourth-order valence-electron chi connectivity index (χ4n) is 2.86. The Bertz CT molecular complexity index is 528. The zero-order chi connectivity index (χ0) is 15.5. The van der Waals surface area contributed by atoms with E-state index in [0.717, 1.165) is 25.7 Å². The van der Waals surface area contributed by atoms with Gasteiger partial charge in [-0.05, 0) is 32.0 Å². The number of anilines is 1. The van der Waals surface area contributed by atoms with Crippen molar-refractivity contribution >= 4 is 46.4 Å². The van der Waals surface area contributed by atoms with Crippen molar-refractivity contribution in [1.82, 2.24) is 5.32 Å². The minimum absolute atomic E-state index is 0.0634. The van der Waals surface area contributed by atoms with E-state index in [-0.39, 0.29) is 11.4 Å². The summed E-state index contributed by atoms with van der Waals surface area (Å²) in [5, 5.41) is 7.29. The fourth-order valence-corrected chi connectivity index (χ4v) is 3.46. The van der Waals surface area contributed by atoms with Gasteiger partial charge in [0, 0.05) is 12.0 Å². The molecule has 0 heterocycles. The standard InChI is InChI=1S/C15H19Cl3N2O/c1-19-15(5-3-2-4-6-15)9-14(21)20-13-8-11(17)10(16)7-12(13)18/h7-8,19H,2-6,9H2,1H3,(H,20,21). The van der Waals surface area contributed by atoms with Gasteiger partial charge in [0.25, 0.3) is 0 Å². The summed E-state index contributed by atoms with van der Waals surface area (Å²) in [5.74, 6) is -0.0634. The molecule has 6 heteroatoms. The first-order chi connectivity index (χ1) is 9.96. The number of carbonyl (C=O) groups excluding carboxylic acids is 1. The third-order valence-corrected chi connectivity index (χ3v) is 5.16. The predicted molar refractivity (Wildman–Crippen MR) is 89.6 cm³/mol. The van der Waals surface area contributed by atoms with Gasteiger partial charge in [0.1, 0.15) is 0 Å². The average molecular weight is 350 g/mol. The third-order valence-electron chi connectivity index (χ3n) is 4.12. The van der Waals surface area contributed by atoms with Crippen LogP contribution in [0.3, 0.4) is 0 Å². The number of carbonyl (C=O) groups is 1. The van der Waals surface area contributed by atoms with Crippen LogP contribution in [-0.2, 0) is 4.79 Å². The topological polar surface area (TPSA) is 41.1 Å². The molecule has 0 saturated heterocycles. The highest BCUT2D eigenvalue weighted by Crippen LogP contribution is 2.34. The second-order valence-corrected chi connectivity index (χ2v) is 6.78. The zero-order valence-corrected chi connectivity index (χ0v) is 14.2. The van der Waals surface area contributed by atoms with Crippen LogP contribution in [0.1, 0.15) is 38.5 Å². The van der Waals surface area contributed by atoms with Crippen LogP contribution in [0.2, 0.25) is 15.1 Å². The minimum Gasteiger partial charge on any atom is -0.325 e. The Morgan fingerprint density at radius 2 is 1.71 bits per heavy atom.